The molecule has 1 atom stereocenters. The number of hydrogen-bond donors (Lipinski definition) is 1. The minimum Gasteiger partial charge on any atom is -0.376 e. The van der Waals surface area contributed by atoms with Gasteiger partial charge in [0.2, 0.25) is 0 Å². The van der Waals surface area contributed by atoms with Crippen molar-refractivity contribution in [3.63, 3.8) is 0 Å². The van der Waals surface area contributed by atoms with Crippen LogP contribution in [0.1, 0.15) is 18.5 Å². The van der Waals surface area contributed by atoms with Gasteiger partial charge in [0.05, 0.1) is 5.69 Å². The van der Waals surface area contributed by atoms with E-state index in [0.717, 1.165) is 16.3 Å². The Bertz CT molecular complexity index is 514. The molecule has 17 heavy (non-hydrogen) atoms. The van der Waals surface area contributed by atoms with Crippen LogP contribution in [0.4, 0.5) is 5.69 Å². The van der Waals surface area contributed by atoms with E-state index in [2.05, 4.69) is 17.2 Å². The molecule has 0 saturated carbocycles. The van der Waals surface area contributed by atoms with E-state index in [-0.39, 0.29) is 6.04 Å². The summed E-state index contributed by atoms with van der Waals surface area (Å²) in [6.45, 7) is 2.05. The summed E-state index contributed by atoms with van der Waals surface area (Å²) in [6, 6.07) is 11.6. The largest absolute Gasteiger partial charge is 0.376 e. The molecule has 0 fully saturated rings. The quantitative estimate of drug-likeness (QED) is 0.824. The zero-order valence-electron chi connectivity index (χ0n) is 9.32. The van der Waals surface area contributed by atoms with Crippen LogP contribution in [0.15, 0.2) is 42.6 Å². The predicted molar refractivity (Wildman–Crippen MR) is 72.7 cm³/mol. The number of hydrogen-bond acceptors (Lipinski definition) is 2. The Balaban J connectivity index is 2.17. The molecule has 0 aliphatic heterocycles. The van der Waals surface area contributed by atoms with Crippen LogP contribution in [0, 0.1) is 0 Å². The number of aromatic nitrogens is 1. The molecule has 0 radical (unpaired) electrons. The number of halogens is 2. The average Bonchev–Trinajstić information content (AvgIpc) is 2.32. The molecular formula is C13H12Cl2N2. The maximum Gasteiger partial charge on any atom is 0.152 e. The van der Waals surface area contributed by atoms with Crippen molar-refractivity contribution in [1.29, 1.82) is 0 Å². The molecule has 0 aliphatic rings. The van der Waals surface area contributed by atoms with Gasteiger partial charge in [-0.2, -0.15) is 0 Å². The summed E-state index contributed by atoms with van der Waals surface area (Å²) >= 11 is 11.9. The van der Waals surface area contributed by atoms with Crippen molar-refractivity contribution in [2.24, 2.45) is 0 Å². The van der Waals surface area contributed by atoms with E-state index < -0.39 is 0 Å². The van der Waals surface area contributed by atoms with Gasteiger partial charge in [-0.1, -0.05) is 35.3 Å². The molecule has 1 aromatic carbocycles. The highest BCUT2D eigenvalue weighted by Gasteiger charge is 2.07. The fraction of sp³-hybridized carbons (Fsp3) is 0.154. The monoisotopic (exact) mass is 266 g/mol. The highest BCUT2D eigenvalue weighted by Crippen LogP contribution is 2.25. The summed E-state index contributed by atoms with van der Waals surface area (Å²) < 4.78 is 0. The summed E-state index contributed by atoms with van der Waals surface area (Å²) in [5, 5.41) is 4.50. The van der Waals surface area contributed by atoms with Crippen molar-refractivity contribution < 1.29 is 0 Å². The molecule has 1 heterocycles. The number of pyridine rings is 1. The van der Waals surface area contributed by atoms with Crippen LogP contribution in [0.25, 0.3) is 0 Å². The fourth-order valence-electron chi connectivity index (χ4n) is 1.59. The van der Waals surface area contributed by atoms with E-state index in [1.54, 1.807) is 6.20 Å². The first-order valence-electron chi connectivity index (χ1n) is 5.29. The van der Waals surface area contributed by atoms with Gasteiger partial charge >= 0.3 is 0 Å². The van der Waals surface area contributed by atoms with E-state index in [4.69, 9.17) is 23.2 Å². The van der Waals surface area contributed by atoms with Crippen molar-refractivity contribution in [2.75, 3.05) is 5.32 Å². The molecule has 0 saturated heterocycles. The molecule has 2 aromatic rings. The molecule has 2 nitrogen and oxygen atoms in total. The van der Waals surface area contributed by atoms with Crippen molar-refractivity contribution in [3.8, 4) is 0 Å². The molecule has 88 valence electrons. The molecule has 0 aliphatic carbocycles. The number of anilines is 1. The van der Waals surface area contributed by atoms with Crippen molar-refractivity contribution in [1.82, 2.24) is 4.98 Å². The maximum atomic E-state index is 5.99. The van der Waals surface area contributed by atoms with Gasteiger partial charge in [-0.25, -0.2) is 4.98 Å². The fourth-order valence-corrected chi connectivity index (χ4v) is 1.96. The predicted octanol–water partition coefficient (Wildman–Crippen LogP) is 4.56. The summed E-state index contributed by atoms with van der Waals surface area (Å²) in [4.78, 5) is 4.02. The second-order valence-electron chi connectivity index (χ2n) is 3.76. The number of nitrogens with zero attached hydrogens (tertiary/aromatic N) is 1. The summed E-state index contributed by atoms with van der Waals surface area (Å²) in [5.74, 6) is 0. The third-order valence-electron chi connectivity index (χ3n) is 2.48. The van der Waals surface area contributed by atoms with Gasteiger partial charge in [0.15, 0.2) is 5.15 Å². The lowest BCUT2D eigenvalue weighted by atomic mass is 10.1. The Morgan fingerprint density at radius 2 is 2.00 bits per heavy atom. The van der Waals surface area contributed by atoms with Crippen molar-refractivity contribution >= 4 is 28.9 Å². The maximum absolute atomic E-state index is 5.99. The van der Waals surface area contributed by atoms with Crippen LogP contribution in [0.5, 0.6) is 0 Å². The lowest BCUT2D eigenvalue weighted by Gasteiger charge is -2.16. The lowest BCUT2D eigenvalue weighted by Crippen LogP contribution is -2.07. The van der Waals surface area contributed by atoms with Gasteiger partial charge in [-0.15, -0.1) is 0 Å². The first kappa shape index (κ1) is 12.2. The summed E-state index contributed by atoms with van der Waals surface area (Å²) in [6.07, 6.45) is 1.66. The average molecular weight is 267 g/mol. The molecule has 1 aromatic heterocycles. The van der Waals surface area contributed by atoms with Crippen LogP contribution in [0.2, 0.25) is 10.2 Å². The SMILES string of the molecule is CC(Nc1cccnc1Cl)c1cccc(Cl)c1. The third-order valence-corrected chi connectivity index (χ3v) is 3.02. The molecule has 1 unspecified atom stereocenters. The molecule has 1 N–H and O–H groups in total. The minimum atomic E-state index is 0.121. The molecule has 4 heteroatoms. The second kappa shape index (κ2) is 5.39. The van der Waals surface area contributed by atoms with E-state index in [0.29, 0.717) is 5.15 Å². The number of nitrogens with one attached hydrogen (secondary N) is 1. The van der Waals surface area contributed by atoms with Gasteiger partial charge in [0.1, 0.15) is 0 Å². The highest BCUT2D eigenvalue weighted by molar-refractivity contribution is 6.32. The van der Waals surface area contributed by atoms with Gasteiger partial charge in [0, 0.05) is 17.3 Å². The second-order valence-corrected chi connectivity index (χ2v) is 4.56. The van der Waals surface area contributed by atoms with Crippen LogP contribution in [-0.2, 0) is 0 Å². The van der Waals surface area contributed by atoms with Gasteiger partial charge in [0.25, 0.3) is 0 Å². The van der Waals surface area contributed by atoms with Gasteiger partial charge in [-0.3, -0.25) is 0 Å². The van der Waals surface area contributed by atoms with E-state index in [1.165, 1.54) is 0 Å². The smallest absolute Gasteiger partial charge is 0.152 e. The van der Waals surface area contributed by atoms with Crippen LogP contribution < -0.4 is 5.32 Å². The van der Waals surface area contributed by atoms with Crippen molar-refractivity contribution in [2.45, 2.75) is 13.0 Å². The first-order chi connectivity index (χ1) is 8.16. The van der Waals surface area contributed by atoms with Crippen LogP contribution in [0.3, 0.4) is 0 Å². The topological polar surface area (TPSA) is 24.9 Å². The highest BCUT2D eigenvalue weighted by atomic mass is 35.5. The first-order valence-corrected chi connectivity index (χ1v) is 6.05. The van der Waals surface area contributed by atoms with E-state index >= 15 is 0 Å². The zero-order chi connectivity index (χ0) is 12.3. The van der Waals surface area contributed by atoms with Gasteiger partial charge < -0.3 is 5.32 Å². The normalized spacial score (nSPS) is 12.2. The molecule has 2 rings (SSSR count). The lowest BCUT2D eigenvalue weighted by molar-refractivity contribution is 0.883. The summed E-state index contributed by atoms with van der Waals surface area (Å²) in [7, 11) is 0. The Morgan fingerprint density at radius 3 is 2.71 bits per heavy atom. The standard InChI is InChI=1S/C13H12Cl2N2/c1-9(10-4-2-5-11(14)8-10)17-12-6-3-7-16-13(12)15/h2-9,17H,1H3. The zero-order valence-corrected chi connectivity index (χ0v) is 10.8. The summed E-state index contributed by atoms with van der Waals surface area (Å²) in [5.41, 5.74) is 1.93. The van der Waals surface area contributed by atoms with E-state index in [9.17, 15) is 0 Å². The van der Waals surface area contributed by atoms with Crippen LogP contribution in [-0.4, -0.2) is 4.98 Å². The third kappa shape index (κ3) is 3.11. The Kier molecular flexibility index (Phi) is 3.87. The molecular weight excluding hydrogens is 255 g/mol. The number of benzene rings is 1. The Labute approximate surface area is 111 Å². The molecule has 0 amide bonds. The van der Waals surface area contributed by atoms with Crippen LogP contribution >= 0.6 is 23.2 Å². The minimum absolute atomic E-state index is 0.121. The van der Waals surface area contributed by atoms with Gasteiger partial charge in [-0.05, 0) is 36.8 Å². The Hall–Kier alpha value is -1.25. The Morgan fingerprint density at radius 1 is 1.18 bits per heavy atom. The van der Waals surface area contributed by atoms with Crippen molar-refractivity contribution in [3.05, 3.63) is 58.3 Å². The molecule has 0 spiro atoms. The van der Waals surface area contributed by atoms with E-state index in [1.807, 2.05) is 36.4 Å². The number of rotatable bonds is 3. The molecule has 0 bridgehead atoms.